The molecule has 2 aromatic rings. The fourth-order valence-electron chi connectivity index (χ4n) is 1.58. The number of aromatic nitrogens is 1. The highest BCUT2D eigenvalue weighted by atomic mass is 16.6. The van der Waals surface area contributed by atoms with Crippen molar-refractivity contribution < 1.29 is 14.3 Å². The molecule has 0 spiro atoms. The van der Waals surface area contributed by atoms with E-state index in [1.54, 1.807) is 26.1 Å². The summed E-state index contributed by atoms with van der Waals surface area (Å²) in [6.07, 6.45) is 0. The molecule has 4 heteroatoms. The average Bonchev–Trinajstić information content (AvgIpc) is 2.70. The topological polar surface area (TPSA) is 32.6 Å². The molecule has 0 aliphatic rings. The van der Waals surface area contributed by atoms with Crippen molar-refractivity contribution in [2.24, 2.45) is 0 Å². The van der Waals surface area contributed by atoms with Crippen molar-refractivity contribution in [1.29, 1.82) is 0 Å². The molecule has 0 aromatic carbocycles. The zero-order chi connectivity index (χ0) is 9.42. The van der Waals surface area contributed by atoms with Crippen LogP contribution in [0.5, 0.6) is 11.5 Å². The lowest BCUT2D eigenvalue weighted by molar-refractivity contribution is 0.189. The smallest absolute Gasteiger partial charge is 0.190 e. The van der Waals surface area contributed by atoms with E-state index < -0.39 is 0 Å². The van der Waals surface area contributed by atoms with Crippen molar-refractivity contribution in [2.45, 2.75) is 0 Å². The lowest BCUT2D eigenvalue weighted by atomic mass is 10.3. The van der Waals surface area contributed by atoms with Crippen LogP contribution in [0.3, 0.4) is 0 Å². The van der Waals surface area contributed by atoms with E-state index in [2.05, 4.69) is 0 Å². The molecule has 2 aromatic heterocycles. The summed E-state index contributed by atoms with van der Waals surface area (Å²) < 4.78 is 12.1. The van der Waals surface area contributed by atoms with Gasteiger partial charge in [-0.3, -0.25) is 0 Å². The number of nitrogens with zero attached hydrogens (tertiary/aromatic N) is 1. The molecule has 0 amide bonds. The second-order valence-electron chi connectivity index (χ2n) is 2.65. The number of hydrogen-bond acceptors (Lipinski definition) is 3. The second kappa shape index (κ2) is 2.73. The third-order valence-electron chi connectivity index (χ3n) is 2.10. The van der Waals surface area contributed by atoms with Crippen LogP contribution in [0.4, 0.5) is 0 Å². The molecule has 0 N–H and O–H groups in total. The predicted octanol–water partition coefficient (Wildman–Crippen LogP) is 1.15. The average molecular weight is 181 g/mol. The molecule has 0 saturated carbocycles. The maximum absolute atomic E-state index is 5.20. The molecule has 2 rings (SSSR count). The molecular weight excluding hydrogens is 170 g/mol. The van der Waals surface area contributed by atoms with Crippen LogP contribution in [0.25, 0.3) is 11.0 Å². The Hall–Kier alpha value is -1.58. The minimum absolute atomic E-state index is 0.724. The molecule has 70 valence electrons. The summed E-state index contributed by atoms with van der Waals surface area (Å²) in [5.74, 6) is 1.45. The van der Waals surface area contributed by atoms with E-state index in [0.29, 0.717) is 0 Å². The number of methoxy groups -OCH3 is 2. The van der Waals surface area contributed by atoms with Gasteiger partial charge < -0.3 is 14.3 Å². The van der Waals surface area contributed by atoms with Gasteiger partial charge in [0.15, 0.2) is 11.5 Å². The minimum Gasteiger partial charge on any atom is -0.491 e. The first-order valence-electron chi connectivity index (χ1n) is 3.92. The van der Waals surface area contributed by atoms with E-state index in [9.17, 15) is 0 Å². The molecule has 0 aliphatic heterocycles. The molecule has 0 saturated heterocycles. The summed E-state index contributed by atoms with van der Waals surface area (Å²) in [5, 5.41) is 0. The Balaban J connectivity index is 2.70. The molecular formula is C9H11NO3. The van der Waals surface area contributed by atoms with Crippen molar-refractivity contribution in [3.8, 4) is 11.5 Å². The van der Waals surface area contributed by atoms with E-state index in [-0.39, 0.29) is 0 Å². The van der Waals surface area contributed by atoms with Crippen molar-refractivity contribution >= 4 is 11.0 Å². The van der Waals surface area contributed by atoms with Crippen LogP contribution in [-0.2, 0) is 0 Å². The molecule has 0 unspecified atom stereocenters. The summed E-state index contributed by atoms with van der Waals surface area (Å²) in [4.78, 5) is 5.16. The Morgan fingerprint density at radius 3 is 1.69 bits per heavy atom. The molecule has 0 atom stereocenters. The van der Waals surface area contributed by atoms with Gasteiger partial charge in [0, 0.05) is 0 Å². The fraction of sp³-hybridized carbons (Fsp3) is 0.333. The molecule has 0 radical (unpaired) electrons. The van der Waals surface area contributed by atoms with E-state index in [0.717, 1.165) is 22.5 Å². The number of benzene rings is 1. The minimum atomic E-state index is 0.724. The van der Waals surface area contributed by atoms with E-state index >= 15 is 0 Å². The summed E-state index contributed by atoms with van der Waals surface area (Å²) in [5.41, 5.74) is 1.77. The van der Waals surface area contributed by atoms with E-state index in [1.807, 2.05) is 12.1 Å². The van der Waals surface area contributed by atoms with Gasteiger partial charge in [-0.05, 0) is 12.1 Å². The predicted molar refractivity (Wildman–Crippen MR) is 48.7 cm³/mol. The number of rotatable bonds is 3. The van der Waals surface area contributed by atoms with Gasteiger partial charge in [0.1, 0.15) is 18.1 Å². The van der Waals surface area contributed by atoms with Gasteiger partial charge in [-0.1, -0.05) is 0 Å². The lowest BCUT2D eigenvalue weighted by Crippen LogP contribution is -2.02. The van der Waals surface area contributed by atoms with Gasteiger partial charge >= 0.3 is 0 Å². The fourth-order valence-corrected chi connectivity index (χ4v) is 1.58. The zero-order valence-corrected chi connectivity index (χ0v) is 7.83. The van der Waals surface area contributed by atoms with Gasteiger partial charge in [-0.2, -0.15) is 4.73 Å². The van der Waals surface area contributed by atoms with E-state index in [1.165, 1.54) is 0 Å². The maximum Gasteiger partial charge on any atom is 0.190 e. The highest BCUT2D eigenvalue weighted by Gasteiger charge is 2.20. The summed E-state index contributed by atoms with van der Waals surface area (Å²) in [6, 6.07) is 3.86. The summed E-state index contributed by atoms with van der Waals surface area (Å²) >= 11 is 0. The van der Waals surface area contributed by atoms with Crippen LogP contribution < -0.4 is 14.3 Å². The van der Waals surface area contributed by atoms with Crippen LogP contribution in [0.2, 0.25) is 0 Å². The van der Waals surface area contributed by atoms with Gasteiger partial charge in [0.25, 0.3) is 0 Å². The summed E-state index contributed by atoms with van der Waals surface area (Å²) in [6.45, 7) is 0. The van der Waals surface area contributed by atoms with Crippen molar-refractivity contribution in [3.05, 3.63) is 12.1 Å². The molecule has 0 fully saturated rings. The molecule has 4 nitrogen and oxygen atoms in total. The van der Waals surface area contributed by atoms with Crippen LogP contribution in [-0.4, -0.2) is 26.1 Å². The third-order valence-corrected chi connectivity index (χ3v) is 2.10. The molecule has 0 aliphatic carbocycles. The van der Waals surface area contributed by atoms with E-state index in [4.69, 9.17) is 14.3 Å². The zero-order valence-electron chi connectivity index (χ0n) is 7.83. The standard InChI is InChI=1S/C9H11NO3/c1-11-8-6-4-5-7(9(8)12-2)10(6)13-3/h4-5H,1-3H3. The van der Waals surface area contributed by atoms with Crippen LogP contribution in [0, 0.1) is 0 Å². The van der Waals surface area contributed by atoms with Gasteiger partial charge in [-0.15, -0.1) is 0 Å². The Bertz CT molecular complexity index is 371. The van der Waals surface area contributed by atoms with Crippen LogP contribution in [0.15, 0.2) is 12.1 Å². The number of hydrogen-bond donors (Lipinski definition) is 0. The largest absolute Gasteiger partial charge is 0.491 e. The quantitative estimate of drug-likeness (QED) is 0.712. The first-order chi connectivity index (χ1) is 6.33. The molecule has 13 heavy (non-hydrogen) atoms. The van der Waals surface area contributed by atoms with Crippen molar-refractivity contribution in [2.75, 3.05) is 21.3 Å². The van der Waals surface area contributed by atoms with Crippen LogP contribution >= 0.6 is 0 Å². The normalized spacial score (nSPS) is 10.7. The Morgan fingerprint density at radius 2 is 1.38 bits per heavy atom. The monoisotopic (exact) mass is 181 g/mol. The second-order valence-corrected chi connectivity index (χ2v) is 2.65. The first-order valence-corrected chi connectivity index (χ1v) is 3.92. The van der Waals surface area contributed by atoms with Crippen molar-refractivity contribution in [1.82, 2.24) is 4.73 Å². The number of ether oxygens (including phenoxy) is 2. The van der Waals surface area contributed by atoms with Gasteiger partial charge in [-0.25, -0.2) is 0 Å². The number of fused-ring (bicyclic) bond motifs is 2. The summed E-state index contributed by atoms with van der Waals surface area (Å²) in [7, 11) is 4.84. The van der Waals surface area contributed by atoms with Gasteiger partial charge in [0.05, 0.1) is 14.2 Å². The maximum atomic E-state index is 5.20. The van der Waals surface area contributed by atoms with Crippen LogP contribution in [0.1, 0.15) is 0 Å². The Morgan fingerprint density at radius 1 is 0.923 bits per heavy atom. The molecule has 2 bridgehead atoms. The third kappa shape index (κ3) is 0.854. The van der Waals surface area contributed by atoms with Crippen molar-refractivity contribution in [3.63, 3.8) is 0 Å². The lowest BCUT2D eigenvalue weighted by Gasteiger charge is -2.01. The highest BCUT2D eigenvalue weighted by Crippen LogP contribution is 2.41. The Kier molecular flexibility index (Phi) is 1.69. The molecule has 2 heterocycles. The first kappa shape index (κ1) is 8.04. The highest BCUT2D eigenvalue weighted by molar-refractivity contribution is 5.85. The Labute approximate surface area is 75.9 Å². The van der Waals surface area contributed by atoms with Gasteiger partial charge in [0.2, 0.25) is 0 Å². The SMILES string of the molecule is COc1c(OC)c2ccc1n2OC.